The van der Waals surface area contributed by atoms with Crippen LogP contribution in [0.15, 0.2) is 12.1 Å². The van der Waals surface area contributed by atoms with Gasteiger partial charge in [0.25, 0.3) is 0 Å². The summed E-state index contributed by atoms with van der Waals surface area (Å²) in [5, 5.41) is 9.81. The highest BCUT2D eigenvalue weighted by Crippen LogP contribution is 2.20. The summed E-state index contributed by atoms with van der Waals surface area (Å²) in [4.78, 5) is 15.6. The fourth-order valence-electron chi connectivity index (χ4n) is 1.80. The van der Waals surface area contributed by atoms with E-state index in [0.29, 0.717) is 17.1 Å². The van der Waals surface area contributed by atoms with Crippen LogP contribution in [0.5, 0.6) is 0 Å². The molecule has 4 nitrogen and oxygen atoms in total. The number of aromatic nitrogens is 2. The van der Waals surface area contributed by atoms with Crippen LogP contribution in [-0.4, -0.2) is 20.6 Å². The molecule has 0 saturated heterocycles. The minimum atomic E-state index is -0.896. The molecule has 0 aliphatic rings. The third-order valence-electron chi connectivity index (χ3n) is 2.75. The number of thiazole rings is 1. The standard InChI is InChI=1S/C12H14N2O2S/c1-7-4-5-8(2)14(7)6-10-13-9(3)11(17-10)12(15)16/h4-5H,6H2,1-3H3,(H,15,16). The Balaban J connectivity index is 2.31. The molecule has 2 aromatic rings. The maximum absolute atomic E-state index is 10.9. The van der Waals surface area contributed by atoms with Crippen molar-refractivity contribution in [2.75, 3.05) is 0 Å². The Morgan fingerprint density at radius 2 is 1.94 bits per heavy atom. The molecule has 2 heterocycles. The monoisotopic (exact) mass is 250 g/mol. The number of rotatable bonds is 3. The molecule has 1 N–H and O–H groups in total. The lowest BCUT2D eigenvalue weighted by Gasteiger charge is -2.06. The van der Waals surface area contributed by atoms with E-state index in [4.69, 9.17) is 5.11 Å². The summed E-state index contributed by atoms with van der Waals surface area (Å²) in [6.07, 6.45) is 0. The quantitative estimate of drug-likeness (QED) is 0.911. The molecule has 0 spiro atoms. The van der Waals surface area contributed by atoms with E-state index in [1.54, 1.807) is 6.92 Å². The van der Waals surface area contributed by atoms with Crippen LogP contribution in [0.1, 0.15) is 31.8 Å². The first kappa shape index (κ1) is 11.9. The topological polar surface area (TPSA) is 55.1 Å². The summed E-state index contributed by atoms with van der Waals surface area (Å²) in [6.45, 7) is 6.44. The number of nitrogens with zero attached hydrogens (tertiary/aromatic N) is 2. The zero-order valence-electron chi connectivity index (χ0n) is 10.0. The van der Waals surface area contributed by atoms with Gasteiger partial charge in [-0.2, -0.15) is 0 Å². The minimum absolute atomic E-state index is 0.336. The molecule has 2 rings (SSSR count). The van der Waals surface area contributed by atoms with Gasteiger partial charge in [0.15, 0.2) is 0 Å². The first-order chi connectivity index (χ1) is 7.99. The molecule has 0 atom stereocenters. The Kier molecular flexibility index (Phi) is 3.02. The fourth-order valence-corrected chi connectivity index (χ4v) is 2.69. The first-order valence-corrected chi connectivity index (χ1v) is 6.13. The summed E-state index contributed by atoms with van der Waals surface area (Å²) < 4.78 is 2.13. The second-order valence-electron chi connectivity index (χ2n) is 4.03. The number of carbonyl (C=O) groups is 1. The third-order valence-corrected chi connectivity index (χ3v) is 3.88. The Morgan fingerprint density at radius 1 is 1.35 bits per heavy atom. The number of carboxylic acid groups (broad SMARTS) is 1. The summed E-state index contributed by atoms with van der Waals surface area (Å²) >= 11 is 1.25. The maximum atomic E-state index is 10.9. The second kappa shape index (κ2) is 4.33. The first-order valence-electron chi connectivity index (χ1n) is 5.31. The Hall–Kier alpha value is -1.62. The van der Waals surface area contributed by atoms with Gasteiger partial charge in [0.1, 0.15) is 9.88 Å². The molecule has 0 bridgehead atoms. The summed E-state index contributed by atoms with van der Waals surface area (Å²) in [6, 6.07) is 4.10. The Bertz CT molecular complexity index is 550. The number of hydrogen-bond donors (Lipinski definition) is 1. The molecule has 0 amide bonds. The number of aryl methyl sites for hydroxylation is 3. The molecular weight excluding hydrogens is 236 g/mol. The van der Waals surface area contributed by atoms with E-state index < -0.39 is 5.97 Å². The van der Waals surface area contributed by atoms with Crippen LogP contribution < -0.4 is 0 Å². The van der Waals surface area contributed by atoms with E-state index in [1.165, 1.54) is 11.3 Å². The maximum Gasteiger partial charge on any atom is 0.347 e. The van der Waals surface area contributed by atoms with Gasteiger partial charge < -0.3 is 9.67 Å². The molecule has 0 saturated carbocycles. The average Bonchev–Trinajstić information content (AvgIpc) is 2.76. The van der Waals surface area contributed by atoms with E-state index in [-0.39, 0.29) is 0 Å². The third kappa shape index (κ3) is 2.24. The molecule has 90 valence electrons. The highest BCUT2D eigenvalue weighted by molar-refractivity contribution is 7.13. The molecule has 0 aliphatic carbocycles. The summed E-state index contributed by atoms with van der Waals surface area (Å²) in [5.74, 6) is -0.896. The molecule has 17 heavy (non-hydrogen) atoms. The second-order valence-corrected chi connectivity index (χ2v) is 5.11. The SMILES string of the molecule is Cc1nc(Cn2c(C)ccc2C)sc1C(=O)O. The van der Waals surface area contributed by atoms with Crippen molar-refractivity contribution in [2.45, 2.75) is 27.3 Å². The van der Waals surface area contributed by atoms with Gasteiger partial charge in [-0.05, 0) is 32.9 Å². The molecular formula is C12H14N2O2S. The van der Waals surface area contributed by atoms with Gasteiger partial charge in [-0.25, -0.2) is 9.78 Å². The van der Waals surface area contributed by atoms with Crippen LogP contribution in [0, 0.1) is 20.8 Å². The van der Waals surface area contributed by atoms with Crippen LogP contribution in [0.2, 0.25) is 0 Å². The van der Waals surface area contributed by atoms with E-state index in [9.17, 15) is 4.79 Å². The molecule has 0 unspecified atom stereocenters. The van der Waals surface area contributed by atoms with Crippen molar-refractivity contribution in [1.82, 2.24) is 9.55 Å². The number of aromatic carboxylic acids is 1. The van der Waals surface area contributed by atoms with Crippen molar-refractivity contribution >= 4 is 17.3 Å². The molecule has 2 aromatic heterocycles. The molecule has 5 heteroatoms. The van der Waals surface area contributed by atoms with E-state index in [1.807, 2.05) is 26.0 Å². The van der Waals surface area contributed by atoms with E-state index in [2.05, 4.69) is 9.55 Å². The number of carboxylic acids is 1. The normalized spacial score (nSPS) is 10.8. The largest absolute Gasteiger partial charge is 0.477 e. The van der Waals surface area contributed by atoms with Crippen molar-refractivity contribution in [1.29, 1.82) is 0 Å². The van der Waals surface area contributed by atoms with Crippen LogP contribution in [-0.2, 0) is 6.54 Å². The Labute approximate surface area is 104 Å². The molecule has 0 radical (unpaired) electrons. The summed E-state index contributed by atoms with van der Waals surface area (Å²) in [7, 11) is 0. The average molecular weight is 250 g/mol. The highest BCUT2D eigenvalue weighted by atomic mass is 32.1. The van der Waals surface area contributed by atoms with Crippen molar-refractivity contribution < 1.29 is 9.90 Å². The van der Waals surface area contributed by atoms with Gasteiger partial charge in [-0.15, -0.1) is 11.3 Å². The van der Waals surface area contributed by atoms with E-state index in [0.717, 1.165) is 16.4 Å². The summed E-state index contributed by atoms with van der Waals surface area (Å²) in [5.41, 5.74) is 2.92. The predicted molar refractivity (Wildman–Crippen MR) is 66.8 cm³/mol. The van der Waals surface area contributed by atoms with Crippen LogP contribution in [0.3, 0.4) is 0 Å². The van der Waals surface area contributed by atoms with Crippen molar-refractivity contribution in [2.24, 2.45) is 0 Å². The van der Waals surface area contributed by atoms with Crippen molar-refractivity contribution in [3.8, 4) is 0 Å². The predicted octanol–water partition coefficient (Wildman–Crippen LogP) is 2.62. The molecule has 0 aliphatic heterocycles. The smallest absolute Gasteiger partial charge is 0.347 e. The fraction of sp³-hybridized carbons (Fsp3) is 0.333. The van der Waals surface area contributed by atoms with Gasteiger partial charge in [0.05, 0.1) is 12.2 Å². The highest BCUT2D eigenvalue weighted by Gasteiger charge is 2.14. The molecule has 0 fully saturated rings. The van der Waals surface area contributed by atoms with Gasteiger partial charge in [-0.1, -0.05) is 0 Å². The minimum Gasteiger partial charge on any atom is -0.477 e. The van der Waals surface area contributed by atoms with Crippen LogP contribution >= 0.6 is 11.3 Å². The van der Waals surface area contributed by atoms with Gasteiger partial charge in [-0.3, -0.25) is 0 Å². The zero-order chi connectivity index (χ0) is 12.6. The Morgan fingerprint density at radius 3 is 2.41 bits per heavy atom. The van der Waals surface area contributed by atoms with Crippen molar-refractivity contribution in [3.63, 3.8) is 0 Å². The van der Waals surface area contributed by atoms with Gasteiger partial charge >= 0.3 is 5.97 Å². The lowest BCUT2D eigenvalue weighted by Crippen LogP contribution is -2.03. The lowest BCUT2D eigenvalue weighted by molar-refractivity contribution is 0.0701. The van der Waals surface area contributed by atoms with Gasteiger partial charge in [0, 0.05) is 11.4 Å². The van der Waals surface area contributed by atoms with Gasteiger partial charge in [0.2, 0.25) is 0 Å². The van der Waals surface area contributed by atoms with E-state index >= 15 is 0 Å². The molecule has 0 aromatic carbocycles. The lowest BCUT2D eigenvalue weighted by atomic mass is 10.4. The number of hydrogen-bond acceptors (Lipinski definition) is 3. The van der Waals surface area contributed by atoms with Crippen LogP contribution in [0.25, 0.3) is 0 Å². The van der Waals surface area contributed by atoms with Crippen LogP contribution in [0.4, 0.5) is 0 Å². The zero-order valence-corrected chi connectivity index (χ0v) is 10.8. The van der Waals surface area contributed by atoms with Crippen molar-refractivity contribution in [3.05, 3.63) is 39.1 Å².